The number of benzene rings is 6. The molecule has 2 unspecified atom stereocenters. The second-order valence-electron chi connectivity index (χ2n) is 13.3. The molecule has 0 bridgehead atoms. The predicted molar refractivity (Wildman–Crippen MR) is 194 cm³/mol. The molecule has 2 aliphatic carbocycles. The van der Waals surface area contributed by atoms with Crippen LogP contribution in [0.15, 0.2) is 164 Å². The average Bonchev–Trinajstić information content (AvgIpc) is 3.57. The van der Waals surface area contributed by atoms with E-state index in [1.807, 2.05) is 0 Å². The maximum atomic E-state index is 2.55. The van der Waals surface area contributed by atoms with E-state index in [0.29, 0.717) is 0 Å². The number of allylic oxidation sites excluding steroid dienone is 2. The third-order valence-corrected chi connectivity index (χ3v) is 10.4. The number of hydrogen-bond acceptors (Lipinski definition) is 1. The molecular weight excluding hydrogens is 555 g/mol. The largest absolute Gasteiger partial charge is 0.333 e. The van der Waals surface area contributed by atoms with Gasteiger partial charge in [-0.1, -0.05) is 135 Å². The van der Waals surface area contributed by atoms with E-state index < -0.39 is 0 Å². The maximum Gasteiger partial charge on any atom is 0.0701 e. The minimum Gasteiger partial charge on any atom is -0.333 e. The molecular formula is C45H35N. The van der Waals surface area contributed by atoms with Gasteiger partial charge >= 0.3 is 0 Å². The number of fused-ring (bicyclic) bond motifs is 6. The van der Waals surface area contributed by atoms with Crippen LogP contribution in [0.25, 0.3) is 39.0 Å². The fourth-order valence-corrected chi connectivity index (χ4v) is 8.19. The lowest BCUT2D eigenvalue weighted by Crippen LogP contribution is -2.32. The smallest absolute Gasteiger partial charge is 0.0701 e. The van der Waals surface area contributed by atoms with Crippen LogP contribution >= 0.6 is 0 Å². The van der Waals surface area contributed by atoms with Crippen LogP contribution in [-0.2, 0) is 5.41 Å². The summed E-state index contributed by atoms with van der Waals surface area (Å²) >= 11 is 0. The summed E-state index contributed by atoms with van der Waals surface area (Å²) < 4.78 is 0. The summed E-state index contributed by atoms with van der Waals surface area (Å²) in [4.78, 5) is 2.55. The van der Waals surface area contributed by atoms with Crippen molar-refractivity contribution in [3.05, 3.63) is 186 Å². The fraction of sp³-hybridized carbons (Fsp3) is 0.111. The van der Waals surface area contributed by atoms with Gasteiger partial charge < -0.3 is 4.90 Å². The molecule has 1 heterocycles. The summed E-state index contributed by atoms with van der Waals surface area (Å²) in [7, 11) is 0. The van der Waals surface area contributed by atoms with Crippen molar-refractivity contribution < 1.29 is 0 Å². The molecule has 1 aliphatic heterocycles. The highest BCUT2D eigenvalue weighted by atomic mass is 15.2. The Morgan fingerprint density at radius 3 is 2.00 bits per heavy atom. The summed E-state index contributed by atoms with van der Waals surface area (Å²) in [6, 6.07) is 54.0. The average molecular weight is 590 g/mol. The van der Waals surface area contributed by atoms with Crippen molar-refractivity contribution in [2.45, 2.75) is 31.2 Å². The van der Waals surface area contributed by atoms with E-state index in [0.717, 1.165) is 0 Å². The van der Waals surface area contributed by atoms with E-state index in [2.05, 4.69) is 183 Å². The summed E-state index contributed by atoms with van der Waals surface area (Å²) in [6.45, 7) is 4.73. The Kier molecular flexibility index (Phi) is 6.05. The lowest BCUT2D eigenvalue weighted by molar-refractivity contribution is 0.660. The van der Waals surface area contributed by atoms with Crippen LogP contribution in [-0.4, -0.2) is 6.04 Å². The Bertz CT molecular complexity index is 2180. The van der Waals surface area contributed by atoms with Gasteiger partial charge in [0.1, 0.15) is 0 Å². The molecule has 1 nitrogen and oxygen atoms in total. The molecule has 220 valence electrons. The van der Waals surface area contributed by atoms with Crippen LogP contribution in [0.1, 0.15) is 42.0 Å². The first-order chi connectivity index (χ1) is 22.6. The van der Waals surface area contributed by atoms with Gasteiger partial charge in [-0.05, 0) is 104 Å². The molecule has 0 amide bonds. The topological polar surface area (TPSA) is 3.24 Å². The summed E-state index contributed by atoms with van der Waals surface area (Å²) in [5.74, 6) is 0.277. The van der Waals surface area contributed by atoms with Crippen LogP contribution in [0, 0.1) is 0 Å². The number of anilines is 2. The lowest BCUT2D eigenvalue weighted by Gasteiger charge is -2.34. The first kappa shape index (κ1) is 27.0. The van der Waals surface area contributed by atoms with Crippen molar-refractivity contribution in [1.29, 1.82) is 0 Å². The minimum absolute atomic E-state index is 0.0441. The van der Waals surface area contributed by atoms with Crippen LogP contribution in [0.5, 0.6) is 0 Å². The van der Waals surface area contributed by atoms with Gasteiger partial charge in [0, 0.05) is 22.7 Å². The number of rotatable bonds is 4. The Balaban J connectivity index is 1.22. The van der Waals surface area contributed by atoms with Gasteiger partial charge in [-0.15, -0.1) is 0 Å². The molecule has 6 aromatic carbocycles. The Morgan fingerprint density at radius 2 is 1.17 bits per heavy atom. The minimum atomic E-state index is -0.0441. The van der Waals surface area contributed by atoms with Gasteiger partial charge in [0.25, 0.3) is 0 Å². The van der Waals surface area contributed by atoms with Gasteiger partial charge in [0.05, 0.1) is 6.04 Å². The molecule has 1 heteroatoms. The second-order valence-corrected chi connectivity index (χ2v) is 13.3. The van der Waals surface area contributed by atoms with Crippen molar-refractivity contribution in [3.63, 3.8) is 0 Å². The van der Waals surface area contributed by atoms with Crippen LogP contribution in [0.4, 0.5) is 11.4 Å². The molecule has 9 rings (SSSR count). The van der Waals surface area contributed by atoms with Gasteiger partial charge in [-0.2, -0.15) is 0 Å². The SMILES string of the molecule is CC1(C)c2ccccc2-c2ccc(-c3cc(C4=CC=CC5c6ccccc6N(c6ccccc6)C45)cc(-c4ccccc4)c3)cc21. The van der Waals surface area contributed by atoms with E-state index >= 15 is 0 Å². The zero-order valence-electron chi connectivity index (χ0n) is 26.2. The monoisotopic (exact) mass is 589 g/mol. The molecule has 2 atom stereocenters. The number of nitrogens with zero attached hydrogens (tertiary/aromatic N) is 1. The van der Waals surface area contributed by atoms with Crippen LogP contribution < -0.4 is 4.90 Å². The number of para-hydroxylation sites is 2. The summed E-state index contributed by atoms with van der Waals surface area (Å²) in [5.41, 5.74) is 17.0. The third-order valence-electron chi connectivity index (χ3n) is 10.4. The molecule has 0 saturated heterocycles. The first-order valence-electron chi connectivity index (χ1n) is 16.4. The predicted octanol–water partition coefficient (Wildman–Crippen LogP) is 11.6. The van der Waals surface area contributed by atoms with E-state index in [9.17, 15) is 0 Å². The van der Waals surface area contributed by atoms with Gasteiger partial charge in [-0.25, -0.2) is 0 Å². The molecule has 0 spiro atoms. The van der Waals surface area contributed by atoms with E-state index in [-0.39, 0.29) is 17.4 Å². The maximum absolute atomic E-state index is 2.55. The van der Waals surface area contributed by atoms with Crippen molar-refractivity contribution in [2.24, 2.45) is 0 Å². The van der Waals surface area contributed by atoms with Gasteiger partial charge in [0.2, 0.25) is 0 Å². The second kappa shape index (κ2) is 10.3. The molecule has 6 aromatic rings. The van der Waals surface area contributed by atoms with Crippen molar-refractivity contribution >= 4 is 16.9 Å². The zero-order valence-corrected chi connectivity index (χ0v) is 26.2. The van der Waals surface area contributed by atoms with Crippen molar-refractivity contribution in [2.75, 3.05) is 4.90 Å². The normalized spacial score (nSPS) is 18.4. The molecule has 46 heavy (non-hydrogen) atoms. The summed E-state index contributed by atoms with van der Waals surface area (Å²) in [5, 5.41) is 0. The highest BCUT2D eigenvalue weighted by molar-refractivity contribution is 5.90. The van der Waals surface area contributed by atoms with Crippen LogP contribution in [0.3, 0.4) is 0 Å². The van der Waals surface area contributed by atoms with Gasteiger partial charge in [-0.3, -0.25) is 0 Å². The fourth-order valence-electron chi connectivity index (χ4n) is 8.19. The van der Waals surface area contributed by atoms with Gasteiger partial charge in [0.15, 0.2) is 0 Å². The Labute approximate surface area is 271 Å². The molecule has 0 fully saturated rings. The van der Waals surface area contributed by atoms with Crippen molar-refractivity contribution in [3.8, 4) is 33.4 Å². The third kappa shape index (κ3) is 4.08. The lowest BCUT2D eigenvalue weighted by atomic mass is 9.80. The molecule has 0 aromatic heterocycles. The zero-order chi connectivity index (χ0) is 30.8. The van der Waals surface area contributed by atoms with Crippen molar-refractivity contribution in [1.82, 2.24) is 0 Å². The summed E-state index contributed by atoms with van der Waals surface area (Å²) in [6.07, 6.45) is 7.00. The highest BCUT2D eigenvalue weighted by Gasteiger charge is 2.41. The molecule has 0 radical (unpaired) electrons. The Hall–Kier alpha value is -5.40. The Morgan fingerprint density at radius 1 is 0.522 bits per heavy atom. The molecule has 0 saturated carbocycles. The first-order valence-corrected chi connectivity index (χ1v) is 16.4. The number of hydrogen-bond donors (Lipinski definition) is 0. The highest BCUT2D eigenvalue weighted by Crippen LogP contribution is 2.53. The quantitative estimate of drug-likeness (QED) is 0.198. The van der Waals surface area contributed by atoms with E-state index in [4.69, 9.17) is 0 Å². The standard InChI is InChI=1S/C45H35N/c1-45(2)41-22-11-9-18-37(41)38-25-24-31(29-42(38)45)33-26-32(30-14-5-3-6-15-30)27-34(28-33)36-20-13-21-40-39-19-10-12-23-43(39)46(44(36)40)35-16-7-4-8-17-35/h3-29,40,44H,1-2H3. The molecule has 3 aliphatic rings. The molecule has 0 N–H and O–H groups in total. The van der Waals surface area contributed by atoms with E-state index in [1.54, 1.807) is 0 Å². The van der Waals surface area contributed by atoms with E-state index in [1.165, 1.54) is 72.6 Å². The van der Waals surface area contributed by atoms with Crippen LogP contribution in [0.2, 0.25) is 0 Å².